The Balaban J connectivity index is 1.48. The van der Waals surface area contributed by atoms with Crippen molar-refractivity contribution in [3.63, 3.8) is 0 Å². The van der Waals surface area contributed by atoms with E-state index < -0.39 is 0 Å². The third kappa shape index (κ3) is 5.61. The van der Waals surface area contributed by atoms with Gasteiger partial charge in [-0.25, -0.2) is 4.99 Å². The van der Waals surface area contributed by atoms with Gasteiger partial charge in [-0.15, -0.1) is 0 Å². The monoisotopic (exact) mass is 388 g/mol. The minimum Gasteiger partial charge on any atom is -0.492 e. The lowest BCUT2D eigenvalue weighted by atomic mass is 10.0. The number of likely N-dealkylation sites (tertiary alicyclic amines) is 1. The highest BCUT2D eigenvalue weighted by atomic mass is 16.5. The molecule has 7 heteroatoms. The van der Waals surface area contributed by atoms with Crippen LogP contribution in [0.1, 0.15) is 38.7 Å². The van der Waals surface area contributed by atoms with E-state index in [4.69, 9.17) is 14.5 Å². The van der Waals surface area contributed by atoms with E-state index in [9.17, 15) is 4.79 Å². The van der Waals surface area contributed by atoms with Crippen molar-refractivity contribution in [2.75, 3.05) is 44.7 Å². The number of guanidine groups is 1. The molecule has 2 heterocycles. The van der Waals surface area contributed by atoms with E-state index in [-0.39, 0.29) is 5.91 Å². The highest BCUT2D eigenvalue weighted by molar-refractivity contribution is 5.94. The van der Waals surface area contributed by atoms with Gasteiger partial charge in [-0.1, -0.05) is 0 Å². The van der Waals surface area contributed by atoms with Gasteiger partial charge in [-0.2, -0.15) is 0 Å². The van der Waals surface area contributed by atoms with Crippen LogP contribution in [0.15, 0.2) is 23.2 Å². The van der Waals surface area contributed by atoms with Gasteiger partial charge in [-0.05, 0) is 56.9 Å². The first-order valence-electron chi connectivity index (χ1n) is 10.4. The standard InChI is InChI=1S/C21H32N4O3/c1-3-22-21(25-12-9-17(10-13-25)27-4-2)23-11-14-28-18-6-7-19-16(15-18)5-8-20(26)24-19/h6-7,15,17H,3-5,8-14H2,1-2H3,(H,22,23)(H,24,26). The first-order chi connectivity index (χ1) is 13.7. The number of fused-ring (bicyclic) bond motifs is 1. The molecule has 1 amide bonds. The SMILES string of the molecule is CCNC(=NCCOc1ccc2c(c1)CCC(=O)N2)N1CCC(OCC)CC1. The number of piperidine rings is 1. The molecule has 0 atom stereocenters. The lowest BCUT2D eigenvalue weighted by Gasteiger charge is -2.34. The molecular formula is C21H32N4O3. The molecule has 154 valence electrons. The van der Waals surface area contributed by atoms with Crippen LogP contribution in [0.5, 0.6) is 5.75 Å². The zero-order valence-corrected chi connectivity index (χ0v) is 17.0. The lowest BCUT2D eigenvalue weighted by Crippen LogP contribution is -2.47. The second kappa shape index (κ2) is 10.3. The van der Waals surface area contributed by atoms with Gasteiger partial charge in [0, 0.05) is 38.3 Å². The summed E-state index contributed by atoms with van der Waals surface area (Å²) in [6.45, 7) is 8.83. The molecule has 28 heavy (non-hydrogen) atoms. The average Bonchev–Trinajstić information content (AvgIpc) is 2.71. The maximum atomic E-state index is 11.4. The molecular weight excluding hydrogens is 356 g/mol. The molecule has 0 bridgehead atoms. The summed E-state index contributed by atoms with van der Waals surface area (Å²) in [5.41, 5.74) is 2.03. The highest BCUT2D eigenvalue weighted by Gasteiger charge is 2.21. The first-order valence-corrected chi connectivity index (χ1v) is 10.4. The summed E-state index contributed by atoms with van der Waals surface area (Å²) >= 11 is 0. The summed E-state index contributed by atoms with van der Waals surface area (Å²) in [6, 6.07) is 5.83. The predicted molar refractivity (Wildman–Crippen MR) is 111 cm³/mol. The maximum absolute atomic E-state index is 11.4. The molecule has 0 radical (unpaired) electrons. The van der Waals surface area contributed by atoms with Gasteiger partial charge in [0.05, 0.1) is 12.6 Å². The number of anilines is 1. The summed E-state index contributed by atoms with van der Waals surface area (Å²) in [6.07, 6.45) is 3.76. The van der Waals surface area contributed by atoms with E-state index in [0.717, 1.165) is 68.5 Å². The topological polar surface area (TPSA) is 75.2 Å². The summed E-state index contributed by atoms with van der Waals surface area (Å²) < 4.78 is 11.6. The number of carbonyl (C=O) groups is 1. The number of amides is 1. The van der Waals surface area contributed by atoms with Crippen LogP contribution in [0.4, 0.5) is 5.69 Å². The van der Waals surface area contributed by atoms with Crippen molar-refractivity contribution >= 4 is 17.6 Å². The Kier molecular flexibility index (Phi) is 7.54. The molecule has 0 aliphatic carbocycles. The van der Waals surface area contributed by atoms with Crippen LogP contribution >= 0.6 is 0 Å². The average molecular weight is 389 g/mol. The van der Waals surface area contributed by atoms with E-state index in [1.54, 1.807) is 0 Å². The van der Waals surface area contributed by atoms with Crippen LogP contribution in [0, 0.1) is 0 Å². The van der Waals surface area contributed by atoms with E-state index in [1.165, 1.54) is 0 Å². The molecule has 0 unspecified atom stereocenters. The number of nitrogens with zero attached hydrogens (tertiary/aromatic N) is 2. The van der Waals surface area contributed by atoms with Crippen LogP contribution in [-0.4, -0.2) is 62.3 Å². The first kappa shape index (κ1) is 20.5. The molecule has 0 aromatic heterocycles. The molecule has 2 aliphatic rings. The summed E-state index contributed by atoms with van der Waals surface area (Å²) in [5, 5.41) is 6.27. The molecule has 0 spiro atoms. The summed E-state index contributed by atoms with van der Waals surface area (Å²) in [7, 11) is 0. The fourth-order valence-corrected chi connectivity index (χ4v) is 3.66. The second-order valence-corrected chi connectivity index (χ2v) is 7.09. The van der Waals surface area contributed by atoms with Gasteiger partial charge in [0.2, 0.25) is 5.91 Å². The third-order valence-electron chi connectivity index (χ3n) is 5.07. The Labute approximate surface area is 167 Å². The quantitative estimate of drug-likeness (QED) is 0.426. The Hall–Kier alpha value is -2.28. The highest BCUT2D eigenvalue weighted by Crippen LogP contribution is 2.26. The van der Waals surface area contributed by atoms with Crippen LogP contribution in [0.25, 0.3) is 0 Å². The smallest absolute Gasteiger partial charge is 0.224 e. The Morgan fingerprint density at radius 3 is 2.86 bits per heavy atom. The lowest BCUT2D eigenvalue weighted by molar-refractivity contribution is -0.116. The van der Waals surface area contributed by atoms with E-state index in [1.807, 2.05) is 18.2 Å². The number of aliphatic imine (C=N–C) groups is 1. The predicted octanol–water partition coefficient (Wildman–Crippen LogP) is 2.42. The number of rotatable bonds is 7. The second-order valence-electron chi connectivity index (χ2n) is 7.09. The van der Waals surface area contributed by atoms with Gasteiger partial charge in [0.25, 0.3) is 0 Å². The van der Waals surface area contributed by atoms with Gasteiger partial charge < -0.3 is 25.0 Å². The van der Waals surface area contributed by atoms with E-state index in [2.05, 4.69) is 29.4 Å². The fraction of sp³-hybridized carbons (Fsp3) is 0.619. The van der Waals surface area contributed by atoms with Gasteiger partial charge >= 0.3 is 0 Å². The van der Waals surface area contributed by atoms with Crippen LogP contribution in [-0.2, 0) is 16.0 Å². The van der Waals surface area contributed by atoms with Crippen molar-refractivity contribution in [2.24, 2.45) is 4.99 Å². The Morgan fingerprint density at radius 2 is 2.11 bits per heavy atom. The van der Waals surface area contributed by atoms with Gasteiger partial charge in [0.1, 0.15) is 12.4 Å². The van der Waals surface area contributed by atoms with Crippen molar-refractivity contribution in [3.05, 3.63) is 23.8 Å². The number of nitrogens with one attached hydrogen (secondary N) is 2. The number of carbonyl (C=O) groups excluding carboxylic acids is 1. The van der Waals surface area contributed by atoms with Gasteiger partial charge in [0.15, 0.2) is 5.96 Å². The van der Waals surface area contributed by atoms with Crippen molar-refractivity contribution in [1.82, 2.24) is 10.2 Å². The van der Waals surface area contributed by atoms with Crippen molar-refractivity contribution < 1.29 is 14.3 Å². The summed E-state index contributed by atoms with van der Waals surface area (Å²) in [4.78, 5) is 18.5. The molecule has 2 N–H and O–H groups in total. The largest absolute Gasteiger partial charge is 0.492 e. The molecule has 1 aromatic rings. The number of hydrogen-bond acceptors (Lipinski definition) is 4. The number of ether oxygens (including phenoxy) is 2. The minimum absolute atomic E-state index is 0.0803. The van der Waals surface area contributed by atoms with Gasteiger partial charge in [-0.3, -0.25) is 4.79 Å². The summed E-state index contributed by atoms with van der Waals surface area (Å²) in [5.74, 6) is 1.86. The number of aryl methyl sites for hydroxylation is 1. The third-order valence-corrected chi connectivity index (χ3v) is 5.07. The zero-order chi connectivity index (χ0) is 19.8. The molecule has 1 saturated heterocycles. The minimum atomic E-state index is 0.0803. The zero-order valence-electron chi connectivity index (χ0n) is 17.0. The van der Waals surface area contributed by atoms with E-state index in [0.29, 0.717) is 25.7 Å². The molecule has 1 aromatic carbocycles. The van der Waals surface area contributed by atoms with Crippen LogP contribution in [0.2, 0.25) is 0 Å². The van der Waals surface area contributed by atoms with E-state index >= 15 is 0 Å². The molecule has 1 fully saturated rings. The molecule has 2 aliphatic heterocycles. The number of benzene rings is 1. The van der Waals surface area contributed by atoms with Crippen LogP contribution in [0.3, 0.4) is 0 Å². The Bertz CT molecular complexity index is 684. The van der Waals surface area contributed by atoms with Crippen LogP contribution < -0.4 is 15.4 Å². The molecule has 0 saturated carbocycles. The van der Waals surface area contributed by atoms with Crippen molar-refractivity contribution in [3.8, 4) is 5.75 Å². The Morgan fingerprint density at radius 1 is 1.29 bits per heavy atom. The number of hydrogen-bond donors (Lipinski definition) is 2. The fourth-order valence-electron chi connectivity index (χ4n) is 3.66. The maximum Gasteiger partial charge on any atom is 0.224 e. The van der Waals surface area contributed by atoms with Crippen molar-refractivity contribution in [2.45, 2.75) is 45.6 Å². The molecule has 3 rings (SSSR count). The normalized spacial score (nSPS) is 17.9. The molecule has 7 nitrogen and oxygen atoms in total. The van der Waals surface area contributed by atoms with Crippen molar-refractivity contribution in [1.29, 1.82) is 0 Å².